The Morgan fingerprint density at radius 1 is 1.20 bits per heavy atom. The molecule has 0 saturated carbocycles. The summed E-state index contributed by atoms with van der Waals surface area (Å²) in [6.07, 6.45) is 1.46. The van der Waals surface area contributed by atoms with Gasteiger partial charge in [-0.15, -0.1) is 0 Å². The maximum Gasteiger partial charge on any atom is 0.203 e. The fraction of sp³-hybridized carbons (Fsp3) is 0.364. The summed E-state index contributed by atoms with van der Waals surface area (Å²) in [6, 6.07) is 0. The lowest BCUT2D eigenvalue weighted by molar-refractivity contribution is 0.101. The number of aryl methyl sites for hydroxylation is 1. The van der Waals surface area contributed by atoms with Crippen molar-refractivity contribution in [1.82, 2.24) is 4.57 Å². The van der Waals surface area contributed by atoms with Gasteiger partial charge < -0.3 is 4.57 Å². The van der Waals surface area contributed by atoms with Gasteiger partial charge >= 0.3 is 0 Å². The molecule has 0 amide bonds. The SMILES string of the molecule is CC(=O)c1cn(C)c(C)c(C(C)=O)c1=O. The molecule has 0 radical (unpaired) electrons. The van der Waals surface area contributed by atoms with Gasteiger partial charge in [0.2, 0.25) is 5.43 Å². The average molecular weight is 207 g/mol. The van der Waals surface area contributed by atoms with E-state index in [1.54, 1.807) is 18.5 Å². The van der Waals surface area contributed by atoms with E-state index in [0.29, 0.717) is 5.69 Å². The summed E-state index contributed by atoms with van der Waals surface area (Å²) in [5.41, 5.74) is 0.279. The predicted molar refractivity (Wildman–Crippen MR) is 56.4 cm³/mol. The summed E-state index contributed by atoms with van der Waals surface area (Å²) >= 11 is 0. The molecule has 1 rings (SSSR count). The van der Waals surface area contributed by atoms with Crippen LogP contribution in [0.2, 0.25) is 0 Å². The van der Waals surface area contributed by atoms with E-state index in [9.17, 15) is 14.4 Å². The average Bonchev–Trinajstić information content (AvgIpc) is 2.10. The highest BCUT2D eigenvalue weighted by atomic mass is 16.1. The molecule has 80 valence electrons. The van der Waals surface area contributed by atoms with Gasteiger partial charge in [0.15, 0.2) is 11.6 Å². The third kappa shape index (κ3) is 1.88. The first kappa shape index (κ1) is 11.4. The van der Waals surface area contributed by atoms with Gasteiger partial charge in [-0.25, -0.2) is 0 Å². The Labute approximate surface area is 87.5 Å². The highest BCUT2D eigenvalue weighted by molar-refractivity contribution is 5.99. The standard InChI is InChI=1S/C11H13NO3/c1-6-10(8(3)14)11(15)9(7(2)13)5-12(6)4/h5H,1-4H3. The van der Waals surface area contributed by atoms with Gasteiger partial charge in [0.05, 0.1) is 11.1 Å². The van der Waals surface area contributed by atoms with Gasteiger partial charge in [-0.1, -0.05) is 0 Å². The summed E-state index contributed by atoms with van der Waals surface area (Å²) in [5.74, 6) is -0.630. The second-order valence-electron chi connectivity index (χ2n) is 3.56. The molecular weight excluding hydrogens is 194 g/mol. The molecule has 0 N–H and O–H groups in total. The summed E-state index contributed by atoms with van der Waals surface area (Å²) < 4.78 is 1.62. The van der Waals surface area contributed by atoms with Crippen molar-refractivity contribution in [1.29, 1.82) is 0 Å². The predicted octanol–water partition coefficient (Wildman–Crippen LogP) is 1.10. The van der Waals surface area contributed by atoms with Crippen LogP contribution in [0.4, 0.5) is 0 Å². The number of carbonyl (C=O) groups is 2. The Bertz CT molecular complexity index is 497. The van der Waals surface area contributed by atoms with Crippen LogP contribution in [-0.4, -0.2) is 16.1 Å². The molecule has 4 heteroatoms. The lowest BCUT2D eigenvalue weighted by Gasteiger charge is -2.09. The van der Waals surface area contributed by atoms with Crippen LogP contribution in [0.25, 0.3) is 0 Å². The summed E-state index contributed by atoms with van der Waals surface area (Å²) in [6.45, 7) is 4.33. The zero-order valence-electron chi connectivity index (χ0n) is 9.25. The van der Waals surface area contributed by atoms with E-state index in [-0.39, 0.29) is 22.7 Å². The van der Waals surface area contributed by atoms with Crippen molar-refractivity contribution in [3.8, 4) is 0 Å². The van der Waals surface area contributed by atoms with E-state index in [0.717, 1.165) is 0 Å². The van der Waals surface area contributed by atoms with Crippen LogP contribution in [-0.2, 0) is 7.05 Å². The molecule has 1 heterocycles. The summed E-state index contributed by atoms with van der Waals surface area (Å²) in [7, 11) is 1.70. The first-order chi connectivity index (χ1) is 6.86. The lowest BCUT2D eigenvalue weighted by atomic mass is 10.0. The number of nitrogens with zero attached hydrogens (tertiary/aromatic N) is 1. The first-order valence-electron chi connectivity index (χ1n) is 4.58. The van der Waals surface area contributed by atoms with Crippen molar-refractivity contribution in [2.24, 2.45) is 7.05 Å². The number of hydrogen-bond donors (Lipinski definition) is 0. The van der Waals surface area contributed by atoms with E-state index in [1.807, 2.05) is 0 Å². The van der Waals surface area contributed by atoms with E-state index >= 15 is 0 Å². The molecule has 0 spiro atoms. The second-order valence-corrected chi connectivity index (χ2v) is 3.56. The number of ketones is 2. The van der Waals surface area contributed by atoms with E-state index in [1.165, 1.54) is 20.0 Å². The maximum atomic E-state index is 11.8. The molecule has 15 heavy (non-hydrogen) atoms. The molecule has 0 aromatic carbocycles. The van der Waals surface area contributed by atoms with Crippen LogP contribution in [0.1, 0.15) is 40.3 Å². The Morgan fingerprint density at radius 2 is 1.73 bits per heavy atom. The Kier molecular flexibility index (Phi) is 2.88. The van der Waals surface area contributed by atoms with Gasteiger partial charge in [0, 0.05) is 18.9 Å². The normalized spacial score (nSPS) is 10.1. The Hall–Kier alpha value is -1.71. The lowest BCUT2D eigenvalue weighted by Crippen LogP contribution is -2.24. The third-order valence-corrected chi connectivity index (χ3v) is 2.42. The number of pyridine rings is 1. The van der Waals surface area contributed by atoms with Gasteiger partial charge in [-0.3, -0.25) is 14.4 Å². The molecule has 1 aromatic heterocycles. The van der Waals surface area contributed by atoms with Crippen molar-refractivity contribution in [3.05, 3.63) is 33.2 Å². The molecule has 0 unspecified atom stereocenters. The van der Waals surface area contributed by atoms with Crippen molar-refractivity contribution in [2.75, 3.05) is 0 Å². The molecule has 0 aliphatic rings. The topological polar surface area (TPSA) is 56.1 Å². The number of hydrogen-bond acceptors (Lipinski definition) is 3. The fourth-order valence-corrected chi connectivity index (χ4v) is 1.49. The van der Waals surface area contributed by atoms with Crippen molar-refractivity contribution in [2.45, 2.75) is 20.8 Å². The zero-order valence-corrected chi connectivity index (χ0v) is 9.25. The van der Waals surface area contributed by atoms with Crippen LogP contribution >= 0.6 is 0 Å². The van der Waals surface area contributed by atoms with Crippen LogP contribution < -0.4 is 5.43 Å². The highest BCUT2D eigenvalue weighted by Gasteiger charge is 2.16. The minimum atomic E-state index is -0.467. The van der Waals surface area contributed by atoms with Gasteiger partial charge in [-0.2, -0.15) is 0 Å². The maximum absolute atomic E-state index is 11.8. The number of aromatic nitrogens is 1. The molecule has 0 saturated heterocycles. The molecule has 0 aliphatic heterocycles. The fourth-order valence-electron chi connectivity index (χ4n) is 1.49. The quantitative estimate of drug-likeness (QED) is 0.682. The second kappa shape index (κ2) is 3.81. The van der Waals surface area contributed by atoms with Crippen LogP contribution in [0.5, 0.6) is 0 Å². The molecular formula is C11H13NO3. The number of carbonyl (C=O) groups excluding carboxylic acids is 2. The first-order valence-corrected chi connectivity index (χ1v) is 4.58. The monoisotopic (exact) mass is 207 g/mol. The van der Waals surface area contributed by atoms with Gasteiger partial charge in [-0.05, 0) is 20.8 Å². The molecule has 1 aromatic rings. The largest absolute Gasteiger partial charge is 0.353 e. The number of Topliss-reactive ketones (excluding diaryl/α,β-unsaturated/α-hetero) is 2. The zero-order chi connectivity index (χ0) is 11.7. The van der Waals surface area contributed by atoms with E-state index in [2.05, 4.69) is 0 Å². The van der Waals surface area contributed by atoms with E-state index in [4.69, 9.17) is 0 Å². The number of rotatable bonds is 2. The van der Waals surface area contributed by atoms with Crippen LogP contribution in [0, 0.1) is 6.92 Å². The van der Waals surface area contributed by atoms with Gasteiger partial charge in [0.1, 0.15) is 0 Å². The van der Waals surface area contributed by atoms with Crippen molar-refractivity contribution < 1.29 is 9.59 Å². The van der Waals surface area contributed by atoms with Gasteiger partial charge in [0.25, 0.3) is 0 Å². The van der Waals surface area contributed by atoms with Crippen LogP contribution in [0.15, 0.2) is 11.0 Å². The summed E-state index contributed by atoms with van der Waals surface area (Å²) in [5, 5.41) is 0. The summed E-state index contributed by atoms with van der Waals surface area (Å²) in [4.78, 5) is 34.2. The molecule has 0 fully saturated rings. The Morgan fingerprint density at radius 3 is 2.13 bits per heavy atom. The smallest absolute Gasteiger partial charge is 0.203 e. The van der Waals surface area contributed by atoms with Crippen molar-refractivity contribution in [3.63, 3.8) is 0 Å². The molecule has 0 atom stereocenters. The van der Waals surface area contributed by atoms with Crippen molar-refractivity contribution >= 4 is 11.6 Å². The highest BCUT2D eigenvalue weighted by Crippen LogP contribution is 2.05. The minimum absolute atomic E-state index is 0.0632. The molecule has 4 nitrogen and oxygen atoms in total. The van der Waals surface area contributed by atoms with Crippen LogP contribution in [0.3, 0.4) is 0 Å². The molecule has 0 bridgehead atoms. The van der Waals surface area contributed by atoms with E-state index < -0.39 is 5.43 Å². The Balaban J connectivity index is 3.72. The third-order valence-electron chi connectivity index (χ3n) is 2.42. The minimum Gasteiger partial charge on any atom is -0.353 e. The molecule has 0 aliphatic carbocycles.